The Labute approximate surface area is 124 Å². The summed E-state index contributed by atoms with van der Waals surface area (Å²) in [6.07, 6.45) is 5.94. The van der Waals surface area contributed by atoms with Crippen LogP contribution in [0.15, 0.2) is 12.1 Å². The molecule has 0 saturated heterocycles. The normalized spacial score (nSPS) is 20.4. The van der Waals surface area contributed by atoms with Gasteiger partial charge < -0.3 is 5.32 Å². The fraction of sp³-hybridized carbons (Fsp3) is 0.684. The van der Waals surface area contributed by atoms with Gasteiger partial charge in [-0.2, -0.15) is 0 Å². The molecule has 2 saturated carbocycles. The largest absolute Gasteiger partial charge is 0.310 e. The van der Waals surface area contributed by atoms with Crippen LogP contribution in [-0.2, 0) is 0 Å². The minimum Gasteiger partial charge on any atom is -0.310 e. The van der Waals surface area contributed by atoms with Crippen molar-refractivity contribution < 1.29 is 0 Å². The van der Waals surface area contributed by atoms with Crippen molar-refractivity contribution in [2.24, 2.45) is 17.8 Å². The van der Waals surface area contributed by atoms with Crippen molar-refractivity contribution >= 4 is 0 Å². The number of benzene rings is 1. The molecule has 110 valence electrons. The smallest absolute Gasteiger partial charge is 0.0294 e. The van der Waals surface area contributed by atoms with E-state index in [4.69, 9.17) is 0 Å². The van der Waals surface area contributed by atoms with E-state index in [9.17, 15) is 0 Å². The third-order valence-corrected chi connectivity index (χ3v) is 5.46. The maximum Gasteiger partial charge on any atom is 0.0294 e. The molecule has 0 spiro atoms. The van der Waals surface area contributed by atoms with E-state index in [2.05, 4.69) is 45.1 Å². The maximum atomic E-state index is 3.83. The summed E-state index contributed by atoms with van der Waals surface area (Å²) in [6, 6.07) is 5.20. The Balaban J connectivity index is 1.63. The van der Waals surface area contributed by atoms with Gasteiger partial charge in [-0.1, -0.05) is 12.1 Å². The van der Waals surface area contributed by atoms with Crippen LogP contribution in [0.25, 0.3) is 0 Å². The summed E-state index contributed by atoms with van der Waals surface area (Å²) < 4.78 is 0. The van der Waals surface area contributed by atoms with Crippen molar-refractivity contribution in [3.05, 3.63) is 34.4 Å². The molecule has 1 heteroatoms. The van der Waals surface area contributed by atoms with E-state index in [-0.39, 0.29) is 0 Å². The highest BCUT2D eigenvalue weighted by Gasteiger charge is 2.41. The molecule has 0 amide bonds. The molecule has 0 bridgehead atoms. The van der Waals surface area contributed by atoms with Crippen molar-refractivity contribution in [1.82, 2.24) is 5.32 Å². The second-order valence-electron chi connectivity index (χ2n) is 7.26. The molecule has 1 aromatic rings. The second kappa shape index (κ2) is 5.52. The van der Waals surface area contributed by atoms with Crippen molar-refractivity contribution in [3.63, 3.8) is 0 Å². The average molecular weight is 271 g/mol. The summed E-state index contributed by atoms with van der Waals surface area (Å²) in [4.78, 5) is 0. The predicted molar refractivity (Wildman–Crippen MR) is 86.0 cm³/mol. The quantitative estimate of drug-likeness (QED) is 0.791. The lowest BCUT2D eigenvalue weighted by molar-refractivity contribution is 0.362. The lowest BCUT2D eigenvalue weighted by Crippen LogP contribution is -2.28. The monoisotopic (exact) mass is 271 g/mol. The summed E-state index contributed by atoms with van der Waals surface area (Å²) in [6.45, 7) is 10.2. The van der Waals surface area contributed by atoms with Crippen LogP contribution in [0.4, 0.5) is 0 Å². The van der Waals surface area contributed by atoms with Gasteiger partial charge in [-0.25, -0.2) is 0 Å². The first kappa shape index (κ1) is 14.1. The molecular formula is C19H29N. The average Bonchev–Trinajstić information content (AvgIpc) is 3.26. The van der Waals surface area contributed by atoms with Gasteiger partial charge in [0.05, 0.1) is 0 Å². The Morgan fingerprint density at radius 1 is 0.950 bits per heavy atom. The number of rotatable bonds is 6. The molecular weight excluding hydrogens is 242 g/mol. The molecule has 2 aliphatic rings. The molecule has 0 heterocycles. The highest BCUT2D eigenvalue weighted by atomic mass is 14.9. The van der Waals surface area contributed by atoms with Gasteiger partial charge in [0.1, 0.15) is 0 Å². The Hall–Kier alpha value is -0.820. The molecule has 0 radical (unpaired) electrons. The van der Waals surface area contributed by atoms with Gasteiger partial charge in [0.2, 0.25) is 0 Å². The van der Waals surface area contributed by atoms with E-state index in [1.54, 1.807) is 0 Å². The molecule has 1 unspecified atom stereocenters. The first-order valence-electron chi connectivity index (χ1n) is 8.37. The van der Waals surface area contributed by atoms with E-state index in [1.807, 2.05) is 0 Å². The minimum absolute atomic E-state index is 0.481. The van der Waals surface area contributed by atoms with Crippen molar-refractivity contribution in [3.8, 4) is 0 Å². The molecule has 0 aliphatic heterocycles. The summed E-state index contributed by atoms with van der Waals surface area (Å²) in [5, 5.41) is 3.83. The highest BCUT2D eigenvalue weighted by Crippen LogP contribution is 2.49. The van der Waals surface area contributed by atoms with Crippen LogP contribution in [-0.4, -0.2) is 6.54 Å². The Bertz CT molecular complexity index is 471. The first-order chi connectivity index (χ1) is 9.56. The lowest BCUT2D eigenvalue weighted by atomic mass is 9.94. The second-order valence-corrected chi connectivity index (χ2v) is 7.26. The number of nitrogens with one attached hydrogen (secondary N) is 1. The van der Waals surface area contributed by atoms with Gasteiger partial charge in [-0.3, -0.25) is 0 Å². The molecule has 1 atom stereocenters. The molecule has 2 fully saturated rings. The summed E-state index contributed by atoms with van der Waals surface area (Å²) in [5.41, 5.74) is 5.74. The SMILES string of the molecule is Cc1cc(C)c(C(C)NCC(C2CC2)C2CC2)cc1C. The van der Waals surface area contributed by atoms with Gasteiger partial charge in [-0.05, 0) is 99.9 Å². The van der Waals surface area contributed by atoms with Crippen LogP contribution in [0.5, 0.6) is 0 Å². The Morgan fingerprint density at radius 3 is 2.05 bits per heavy atom. The number of hydrogen-bond acceptors (Lipinski definition) is 1. The summed E-state index contributed by atoms with van der Waals surface area (Å²) in [5.74, 6) is 3.05. The van der Waals surface area contributed by atoms with Crippen LogP contribution in [0.3, 0.4) is 0 Å². The highest BCUT2D eigenvalue weighted by molar-refractivity contribution is 5.38. The molecule has 2 aliphatic carbocycles. The number of hydrogen-bond donors (Lipinski definition) is 1. The zero-order chi connectivity index (χ0) is 14.3. The molecule has 1 N–H and O–H groups in total. The molecule has 3 rings (SSSR count). The molecule has 0 aromatic heterocycles. The van der Waals surface area contributed by atoms with Crippen molar-refractivity contribution in [2.45, 2.75) is 59.4 Å². The standard InChI is InChI=1S/C19H29N/c1-12-9-14(3)18(10-13(12)2)15(4)20-11-19(16-5-6-16)17-7-8-17/h9-10,15-17,19-20H,5-8,11H2,1-4H3. The first-order valence-corrected chi connectivity index (χ1v) is 8.37. The fourth-order valence-corrected chi connectivity index (χ4v) is 3.64. The number of aryl methyl sites for hydroxylation is 3. The van der Waals surface area contributed by atoms with E-state index in [0.717, 1.165) is 17.8 Å². The van der Waals surface area contributed by atoms with E-state index >= 15 is 0 Å². The van der Waals surface area contributed by atoms with Crippen LogP contribution >= 0.6 is 0 Å². The maximum absolute atomic E-state index is 3.83. The third-order valence-electron chi connectivity index (χ3n) is 5.46. The third kappa shape index (κ3) is 3.09. The predicted octanol–water partition coefficient (Wildman–Crippen LogP) is 4.70. The zero-order valence-electron chi connectivity index (χ0n) is 13.5. The van der Waals surface area contributed by atoms with Crippen molar-refractivity contribution in [1.29, 1.82) is 0 Å². The topological polar surface area (TPSA) is 12.0 Å². The van der Waals surface area contributed by atoms with Gasteiger partial charge >= 0.3 is 0 Å². The van der Waals surface area contributed by atoms with Gasteiger partial charge in [0, 0.05) is 6.04 Å². The Kier molecular flexibility index (Phi) is 3.90. The van der Waals surface area contributed by atoms with Crippen LogP contribution in [0.1, 0.15) is 60.9 Å². The lowest BCUT2D eigenvalue weighted by Gasteiger charge is -2.22. The Morgan fingerprint density at radius 2 is 1.50 bits per heavy atom. The van der Waals surface area contributed by atoms with Crippen LogP contribution in [0.2, 0.25) is 0 Å². The molecule has 1 nitrogen and oxygen atoms in total. The van der Waals surface area contributed by atoms with Crippen LogP contribution < -0.4 is 5.32 Å². The van der Waals surface area contributed by atoms with Crippen molar-refractivity contribution in [2.75, 3.05) is 6.54 Å². The van der Waals surface area contributed by atoms with Gasteiger partial charge in [-0.15, -0.1) is 0 Å². The van der Waals surface area contributed by atoms with E-state index in [1.165, 1.54) is 54.5 Å². The van der Waals surface area contributed by atoms with Gasteiger partial charge in [0.25, 0.3) is 0 Å². The van der Waals surface area contributed by atoms with Gasteiger partial charge in [0.15, 0.2) is 0 Å². The van der Waals surface area contributed by atoms with E-state index < -0.39 is 0 Å². The van der Waals surface area contributed by atoms with E-state index in [0.29, 0.717) is 6.04 Å². The summed E-state index contributed by atoms with van der Waals surface area (Å²) in [7, 11) is 0. The molecule has 20 heavy (non-hydrogen) atoms. The summed E-state index contributed by atoms with van der Waals surface area (Å²) >= 11 is 0. The fourth-order valence-electron chi connectivity index (χ4n) is 3.64. The van der Waals surface area contributed by atoms with Crippen LogP contribution in [0, 0.1) is 38.5 Å². The molecule has 1 aromatic carbocycles. The zero-order valence-corrected chi connectivity index (χ0v) is 13.5. The minimum atomic E-state index is 0.481.